The molecule has 4 aromatic carbocycles. The number of ether oxygens (including phenoxy) is 2. The molecule has 0 spiro atoms. The van der Waals surface area contributed by atoms with Crippen LogP contribution in [0, 0.1) is 0 Å². The SMILES string of the molecule is COCC(NC(=O)Nc1cc2c(cn1)c(N1CCOC(C)C1)nn2C(c1ccccc1)(c1ccccc1)c1ccccc1)c1ccccc1. The van der Waals surface area contributed by atoms with E-state index >= 15 is 0 Å². The van der Waals surface area contributed by atoms with Crippen molar-refractivity contribution in [3.05, 3.63) is 156 Å². The van der Waals surface area contributed by atoms with Crippen LogP contribution in [0.4, 0.5) is 16.4 Å². The lowest BCUT2D eigenvalue weighted by atomic mass is 9.77. The van der Waals surface area contributed by atoms with Crippen LogP contribution in [-0.2, 0) is 15.0 Å². The number of methoxy groups -OCH3 is 1. The number of nitrogens with one attached hydrogen (secondary N) is 2. The van der Waals surface area contributed by atoms with Gasteiger partial charge in [-0.05, 0) is 29.2 Å². The third-order valence-corrected chi connectivity index (χ3v) is 9.06. The molecular formula is C40H40N6O3. The molecule has 2 aromatic heterocycles. The largest absolute Gasteiger partial charge is 0.382 e. The highest BCUT2D eigenvalue weighted by Crippen LogP contribution is 2.44. The number of carbonyl (C=O) groups excluding carboxylic acids is 1. The van der Waals surface area contributed by atoms with Crippen molar-refractivity contribution >= 4 is 28.6 Å². The van der Waals surface area contributed by atoms with E-state index in [4.69, 9.17) is 19.6 Å². The molecule has 2 atom stereocenters. The summed E-state index contributed by atoms with van der Waals surface area (Å²) < 4.78 is 13.5. The van der Waals surface area contributed by atoms with E-state index in [9.17, 15) is 4.79 Å². The third-order valence-electron chi connectivity index (χ3n) is 9.06. The van der Waals surface area contributed by atoms with Crippen LogP contribution in [0.3, 0.4) is 0 Å². The van der Waals surface area contributed by atoms with Crippen molar-refractivity contribution in [2.45, 2.75) is 24.6 Å². The predicted octanol–water partition coefficient (Wildman–Crippen LogP) is 7.01. The molecule has 3 heterocycles. The lowest BCUT2D eigenvalue weighted by Gasteiger charge is -2.37. The van der Waals surface area contributed by atoms with E-state index in [1.165, 1.54) is 0 Å². The number of anilines is 2. The lowest BCUT2D eigenvalue weighted by molar-refractivity contribution is 0.0529. The second-order valence-electron chi connectivity index (χ2n) is 12.3. The number of fused-ring (bicyclic) bond motifs is 1. The Morgan fingerprint density at radius 2 is 1.47 bits per heavy atom. The first-order chi connectivity index (χ1) is 24.1. The topological polar surface area (TPSA) is 93.5 Å². The fourth-order valence-corrected chi connectivity index (χ4v) is 6.85. The van der Waals surface area contributed by atoms with Crippen LogP contribution in [0.2, 0.25) is 0 Å². The first kappa shape index (κ1) is 32.1. The summed E-state index contributed by atoms with van der Waals surface area (Å²) in [7, 11) is 1.62. The molecular weight excluding hydrogens is 612 g/mol. The van der Waals surface area contributed by atoms with Crippen molar-refractivity contribution in [2.75, 3.05) is 43.6 Å². The number of carbonyl (C=O) groups is 1. The third kappa shape index (κ3) is 6.38. The Hall–Kier alpha value is -5.51. The highest BCUT2D eigenvalue weighted by atomic mass is 16.5. The molecule has 1 saturated heterocycles. The zero-order valence-corrected chi connectivity index (χ0v) is 27.7. The maximum Gasteiger partial charge on any atom is 0.320 e. The van der Waals surface area contributed by atoms with E-state index in [2.05, 4.69) is 99.9 Å². The Labute approximate surface area is 286 Å². The molecule has 2 unspecified atom stereocenters. The van der Waals surface area contributed by atoms with Gasteiger partial charge in [-0.15, -0.1) is 0 Å². The van der Waals surface area contributed by atoms with Crippen molar-refractivity contribution in [2.24, 2.45) is 0 Å². The summed E-state index contributed by atoms with van der Waals surface area (Å²) in [5.74, 6) is 1.23. The molecule has 7 rings (SSSR count). The number of hydrogen-bond donors (Lipinski definition) is 2. The molecule has 1 aliphatic rings. The van der Waals surface area contributed by atoms with Crippen molar-refractivity contribution in [3.8, 4) is 0 Å². The molecule has 0 radical (unpaired) electrons. The van der Waals surface area contributed by atoms with Gasteiger partial charge < -0.3 is 19.7 Å². The fourth-order valence-electron chi connectivity index (χ4n) is 6.85. The van der Waals surface area contributed by atoms with Crippen LogP contribution in [0.25, 0.3) is 10.9 Å². The standard InChI is InChI=1S/C40H40N6O3/c1-29-27-45(23-24-49-29)38-34-26-41-37(43-39(47)42-35(28-48-2)30-15-7-3-8-16-30)25-36(34)46(44-38)40(31-17-9-4-10-18-31,32-19-11-5-12-20-32)33-21-13-6-14-22-33/h3-22,25-26,29,35H,23-24,27-28H2,1-2H3,(H2,41,42,43,47). The molecule has 2 amide bonds. The minimum absolute atomic E-state index is 0.0540. The molecule has 9 nitrogen and oxygen atoms in total. The quantitative estimate of drug-likeness (QED) is 0.155. The van der Waals surface area contributed by atoms with Crippen LogP contribution in [0.1, 0.15) is 35.2 Å². The van der Waals surface area contributed by atoms with Gasteiger partial charge in [-0.3, -0.25) is 5.32 Å². The minimum atomic E-state index is -0.865. The molecule has 0 bridgehead atoms. The predicted molar refractivity (Wildman–Crippen MR) is 193 cm³/mol. The monoisotopic (exact) mass is 652 g/mol. The average Bonchev–Trinajstić information content (AvgIpc) is 3.52. The molecule has 0 saturated carbocycles. The van der Waals surface area contributed by atoms with Crippen molar-refractivity contribution < 1.29 is 14.3 Å². The number of amides is 2. The van der Waals surface area contributed by atoms with Crippen molar-refractivity contribution in [3.63, 3.8) is 0 Å². The van der Waals surface area contributed by atoms with E-state index in [1.54, 1.807) is 7.11 Å². The van der Waals surface area contributed by atoms with Crippen LogP contribution in [0.15, 0.2) is 134 Å². The molecule has 1 aliphatic heterocycles. The van der Waals surface area contributed by atoms with E-state index in [0.717, 1.165) is 39.0 Å². The number of rotatable bonds is 10. The summed E-state index contributed by atoms with van der Waals surface area (Å²) in [5.41, 5.74) is 4.06. The van der Waals surface area contributed by atoms with E-state index in [-0.39, 0.29) is 18.2 Å². The van der Waals surface area contributed by atoms with Crippen LogP contribution in [0.5, 0.6) is 0 Å². The highest BCUT2D eigenvalue weighted by molar-refractivity contribution is 5.95. The van der Waals surface area contributed by atoms with Gasteiger partial charge >= 0.3 is 6.03 Å². The van der Waals surface area contributed by atoms with Gasteiger partial charge in [0.15, 0.2) is 5.82 Å². The van der Waals surface area contributed by atoms with E-state index in [1.807, 2.05) is 60.8 Å². The number of hydrogen-bond acceptors (Lipinski definition) is 6. The first-order valence-electron chi connectivity index (χ1n) is 16.6. The number of aromatic nitrogens is 3. The zero-order chi connectivity index (χ0) is 33.6. The zero-order valence-electron chi connectivity index (χ0n) is 27.7. The molecule has 6 aromatic rings. The van der Waals surface area contributed by atoms with E-state index in [0.29, 0.717) is 32.1 Å². The normalized spacial score (nSPS) is 15.6. The molecule has 49 heavy (non-hydrogen) atoms. The Morgan fingerprint density at radius 1 is 0.898 bits per heavy atom. The van der Waals surface area contributed by atoms with Crippen molar-refractivity contribution in [1.82, 2.24) is 20.1 Å². The van der Waals surface area contributed by atoms with Gasteiger partial charge in [0.25, 0.3) is 0 Å². The highest BCUT2D eigenvalue weighted by Gasteiger charge is 2.41. The maximum atomic E-state index is 13.5. The van der Waals surface area contributed by atoms with Gasteiger partial charge in [-0.1, -0.05) is 121 Å². The second-order valence-corrected chi connectivity index (χ2v) is 12.3. The van der Waals surface area contributed by atoms with Crippen LogP contribution in [-0.4, -0.2) is 60.3 Å². The Bertz CT molecular complexity index is 1890. The van der Waals surface area contributed by atoms with Gasteiger partial charge in [-0.25, -0.2) is 14.5 Å². The van der Waals surface area contributed by atoms with Gasteiger partial charge in [-0.2, -0.15) is 5.10 Å². The smallest absolute Gasteiger partial charge is 0.320 e. The van der Waals surface area contributed by atoms with Gasteiger partial charge in [0.1, 0.15) is 11.4 Å². The molecule has 9 heteroatoms. The molecule has 0 aliphatic carbocycles. The molecule has 248 valence electrons. The second kappa shape index (κ2) is 14.3. The summed E-state index contributed by atoms with van der Waals surface area (Å²) in [4.78, 5) is 20.5. The summed E-state index contributed by atoms with van der Waals surface area (Å²) in [6.45, 7) is 4.41. The minimum Gasteiger partial charge on any atom is -0.382 e. The number of benzene rings is 4. The maximum absolute atomic E-state index is 13.5. The number of pyridine rings is 1. The Balaban J connectivity index is 1.41. The first-order valence-corrected chi connectivity index (χ1v) is 16.6. The van der Waals surface area contributed by atoms with Gasteiger partial charge in [0.2, 0.25) is 0 Å². The number of urea groups is 1. The Kier molecular flexibility index (Phi) is 9.36. The van der Waals surface area contributed by atoms with Crippen LogP contribution < -0.4 is 15.5 Å². The van der Waals surface area contributed by atoms with Gasteiger partial charge in [0.05, 0.1) is 36.3 Å². The average molecular weight is 653 g/mol. The van der Waals surface area contributed by atoms with E-state index < -0.39 is 5.54 Å². The van der Waals surface area contributed by atoms with Gasteiger partial charge in [0, 0.05) is 32.5 Å². The summed E-state index contributed by atoms with van der Waals surface area (Å²) in [6, 6.07) is 42.4. The fraction of sp³-hybridized carbons (Fsp3) is 0.225. The lowest BCUT2D eigenvalue weighted by Crippen LogP contribution is -2.42. The van der Waals surface area contributed by atoms with Crippen LogP contribution >= 0.6 is 0 Å². The molecule has 1 fully saturated rings. The number of morpholine rings is 1. The number of nitrogens with zero attached hydrogens (tertiary/aromatic N) is 4. The molecule has 2 N–H and O–H groups in total. The summed E-state index contributed by atoms with van der Waals surface area (Å²) in [6.07, 6.45) is 1.87. The summed E-state index contributed by atoms with van der Waals surface area (Å²) in [5, 5.41) is 12.4. The summed E-state index contributed by atoms with van der Waals surface area (Å²) >= 11 is 0. The van der Waals surface area contributed by atoms with Crippen molar-refractivity contribution in [1.29, 1.82) is 0 Å². The Morgan fingerprint density at radius 3 is 2.02 bits per heavy atom.